The van der Waals surface area contributed by atoms with Crippen molar-refractivity contribution in [1.82, 2.24) is 16.0 Å². The molecule has 34 heavy (non-hydrogen) atoms. The number of carbonyl (C=O) groups is 6. The van der Waals surface area contributed by atoms with Gasteiger partial charge in [0.1, 0.15) is 18.1 Å². The van der Waals surface area contributed by atoms with E-state index in [4.69, 9.17) is 33.1 Å². The molecular formula is C18H32N8O8. The van der Waals surface area contributed by atoms with Crippen LogP contribution in [0.1, 0.15) is 39.0 Å². The number of rotatable bonds is 16. The lowest BCUT2D eigenvalue weighted by Crippen LogP contribution is -2.57. The molecule has 0 heterocycles. The van der Waals surface area contributed by atoms with Crippen LogP contribution < -0.4 is 38.9 Å². The van der Waals surface area contributed by atoms with Crippen LogP contribution in [0.15, 0.2) is 4.99 Å². The maximum Gasteiger partial charge on any atom is 0.326 e. The first kappa shape index (κ1) is 30.1. The van der Waals surface area contributed by atoms with E-state index in [2.05, 4.69) is 20.9 Å². The van der Waals surface area contributed by atoms with Crippen LogP contribution in [0.5, 0.6) is 0 Å². The zero-order valence-electron chi connectivity index (χ0n) is 18.7. The number of carboxylic acids is 2. The van der Waals surface area contributed by atoms with Crippen LogP contribution in [-0.4, -0.2) is 82.5 Å². The Labute approximate surface area is 194 Å². The molecule has 0 aromatic carbocycles. The third-order valence-electron chi connectivity index (χ3n) is 4.30. The van der Waals surface area contributed by atoms with Crippen molar-refractivity contribution in [2.75, 3.05) is 6.54 Å². The molecule has 0 aromatic heterocycles. The molecule has 4 unspecified atom stereocenters. The summed E-state index contributed by atoms with van der Waals surface area (Å²) in [4.78, 5) is 74.4. The summed E-state index contributed by atoms with van der Waals surface area (Å²) >= 11 is 0. The Morgan fingerprint density at radius 1 is 0.824 bits per heavy atom. The molecule has 4 amide bonds. The minimum atomic E-state index is -1.76. The predicted octanol–water partition coefficient (Wildman–Crippen LogP) is -4.33. The van der Waals surface area contributed by atoms with E-state index in [1.807, 2.05) is 0 Å². The predicted molar refractivity (Wildman–Crippen MR) is 118 cm³/mol. The van der Waals surface area contributed by atoms with Gasteiger partial charge in [-0.05, 0) is 26.2 Å². The molecule has 0 aromatic rings. The molecule has 0 fully saturated rings. The van der Waals surface area contributed by atoms with Crippen LogP contribution in [-0.2, 0) is 28.8 Å². The molecule has 0 bridgehead atoms. The summed E-state index contributed by atoms with van der Waals surface area (Å²) in [5, 5.41) is 24.8. The Bertz CT molecular complexity index is 797. The van der Waals surface area contributed by atoms with Gasteiger partial charge in [-0.25, -0.2) is 4.79 Å². The fraction of sp³-hybridized carbons (Fsp3) is 0.611. The summed E-state index contributed by atoms with van der Waals surface area (Å²) in [5.74, 6) is -6.57. The second-order valence-electron chi connectivity index (χ2n) is 7.36. The van der Waals surface area contributed by atoms with E-state index >= 15 is 0 Å². The van der Waals surface area contributed by atoms with Gasteiger partial charge in [-0.3, -0.25) is 29.0 Å². The van der Waals surface area contributed by atoms with Crippen LogP contribution in [0, 0.1) is 0 Å². The number of amides is 4. The Balaban J connectivity index is 5.61. The molecule has 16 nitrogen and oxygen atoms in total. The van der Waals surface area contributed by atoms with Gasteiger partial charge >= 0.3 is 11.9 Å². The number of guanidine groups is 1. The molecule has 0 radical (unpaired) electrons. The van der Waals surface area contributed by atoms with Gasteiger partial charge in [0.2, 0.25) is 23.6 Å². The molecule has 192 valence electrons. The first-order chi connectivity index (χ1) is 15.7. The van der Waals surface area contributed by atoms with E-state index < -0.39 is 66.2 Å². The average Bonchev–Trinajstić information content (AvgIpc) is 2.71. The van der Waals surface area contributed by atoms with Crippen LogP contribution in [0.4, 0.5) is 0 Å². The summed E-state index contributed by atoms with van der Waals surface area (Å²) in [6, 6.07) is -5.37. The molecule has 0 spiro atoms. The lowest BCUT2D eigenvalue weighted by Gasteiger charge is -2.24. The molecule has 16 heteroatoms. The first-order valence-corrected chi connectivity index (χ1v) is 10.2. The standard InChI is InChI=1S/C18H32N8O8/c1-8(19)14(30)24-10(4-5-12(20)27)16(32)25-9(3-2-6-23-18(21)22)15(31)26-11(17(33)34)7-13(28)29/h8-11H,2-7,19H2,1H3,(H2,20,27)(H,24,30)(H,25,32)(H,26,31)(H,28,29)(H,33,34)(H4,21,22,23). The number of hydrogen-bond acceptors (Lipinski definition) is 8. The van der Waals surface area contributed by atoms with Gasteiger partial charge in [0.15, 0.2) is 5.96 Å². The number of primary amides is 1. The monoisotopic (exact) mass is 488 g/mol. The fourth-order valence-electron chi connectivity index (χ4n) is 2.55. The largest absolute Gasteiger partial charge is 0.481 e. The number of aliphatic carboxylic acids is 2. The van der Waals surface area contributed by atoms with Crippen molar-refractivity contribution in [2.45, 2.75) is 63.2 Å². The first-order valence-electron chi connectivity index (χ1n) is 10.2. The second kappa shape index (κ2) is 15.0. The lowest BCUT2D eigenvalue weighted by atomic mass is 10.1. The van der Waals surface area contributed by atoms with Crippen molar-refractivity contribution < 1.29 is 39.0 Å². The third kappa shape index (κ3) is 12.8. The number of aliphatic imine (C=N–C) groups is 1. The van der Waals surface area contributed by atoms with Crippen molar-refractivity contribution in [3.63, 3.8) is 0 Å². The minimum Gasteiger partial charge on any atom is -0.481 e. The van der Waals surface area contributed by atoms with Gasteiger partial charge in [-0.1, -0.05) is 0 Å². The zero-order chi connectivity index (χ0) is 26.4. The molecule has 0 saturated heterocycles. The SMILES string of the molecule is CC(N)C(=O)NC(CCC(N)=O)C(=O)NC(CCCN=C(N)N)C(=O)NC(CC(=O)O)C(=O)O. The normalized spacial score (nSPS) is 13.9. The van der Waals surface area contributed by atoms with Gasteiger partial charge in [0.25, 0.3) is 0 Å². The van der Waals surface area contributed by atoms with Crippen molar-refractivity contribution >= 4 is 41.5 Å². The second-order valence-corrected chi connectivity index (χ2v) is 7.36. The number of nitrogens with one attached hydrogen (secondary N) is 3. The van der Waals surface area contributed by atoms with Crippen molar-refractivity contribution in [1.29, 1.82) is 0 Å². The number of nitrogens with zero attached hydrogens (tertiary/aromatic N) is 1. The molecule has 0 aliphatic rings. The number of carbonyl (C=O) groups excluding carboxylic acids is 4. The summed E-state index contributed by atoms with van der Waals surface area (Å²) in [6.07, 6.45) is -1.26. The van der Waals surface area contributed by atoms with Crippen molar-refractivity contribution in [3.8, 4) is 0 Å². The van der Waals surface area contributed by atoms with Crippen LogP contribution in [0.2, 0.25) is 0 Å². The number of carboxylic acid groups (broad SMARTS) is 2. The highest BCUT2D eigenvalue weighted by molar-refractivity contribution is 5.94. The molecule has 0 rings (SSSR count). The lowest BCUT2D eigenvalue weighted by molar-refractivity contribution is -0.147. The molecular weight excluding hydrogens is 456 g/mol. The molecule has 4 atom stereocenters. The number of hydrogen-bond donors (Lipinski definition) is 9. The van der Waals surface area contributed by atoms with E-state index in [1.165, 1.54) is 6.92 Å². The quantitative estimate of drug-likeness (QED) is 0.0568. The molecule has 0 aliphatic heterocycles. The van der Waals surface area contributed by atoms with Gasteiger partial charge in [0.05, 0.1) is 12.5 Å². The Morgan fingerprint density at radius 2 is 1.32 bits per heavy atom. The van der Waals surface area contributed by atoms with Crippen molar-refractivity contribution in [2.24, 2.45) is 27.9 Å². The summed E-state index contributed by atoms with van der Waals surface area (Å²) in [6.45, 7) is 1.44. The maximum absolute atomic E-state index is 12.8. The highest BCUT2D eigenvalue weighted by Crippen LogP contribution is 2.05. The summed E-state index contributed by atoms with van der Waals surface area (Å²) in [7, 11) is 0. The highest BCUT2D eigenvalue weighted by atomic mass is 16.4. The van der Waals surface area contributed by atoms with Gasteiger partial charge < -0.3 is 49.1 Å². The van der Waals surface area contributed by atoms with E-state index in [-0.39, 0.29) is 38.2 Å². The Morgan fingerprint density at radius 3 is 1.76 bits per heavy atom. The third-order valence-corrected chi connectivity index (χ3v) is 4.30. The van der Waals surface area contributed by atoms with Crippen LogP contribution in [0.3, 0.4) is 0 Å². The van der Waals surface area contributed by atoms with Crippen molar-refractivity contribution in [3.05, 3.63) is 0 Å². The van der Waals surface area contributed by atoms with Gasteiger partial charge in [0, 0.05) is 13.0 Å². The van der Waals surface area contributed by atoms with E-state index in [9.17, 15) is 28.8 Å². The van der Waals surface area contributed by atoms with Gasteiger partial charge in [-0.15, -0.1) is 0 Å². The van der Waals surface area contributed by atoms with Crippen LogP contribution in [0.25, 0.3) is 0 Å². The Kier molecular flexibility index (Phi) is 13.2. The minimum absolute atomic E-state index is 0.0719. The average molecular weight is 489 g/mol. The number of nitrogens with two attached hydrogens (primary N) is 4. The fourth-order valence-corrected chi connectivity index (χ4v) is 2.55. The van der Waals surface area contributed by atoms with E-state index in [0.29, 0.717) is 0 Å². The van der Waals surface area contributed by atoms with E-state index in [1.54, 1.807) is 0 Å². The highest BCUT2D eigenvalue weighted by Gasteiger charge is 2.30. The summed E-state index contributed by atoms with van der Waals surface area (Å²) < 4.78 is 0. The van der Waals surface area contributed by atoms with Gasteiger partial charge in [-0.2, -0.15) is 0 Å². The Hall–Kier alpha value is -3.95. The molecule has 13 N–H and O–H groups in total. The topological polar surface area (TPSA) is 295 Å². The molecule has 0 saturated carbocycles. The molecule has 0 aliphatic carbocycles. The zero-order valence-corrected chi connectivity index (χ0v) is 18.7. The van der Waals surface area contributed by atoms with Crippen LogP contribution >= 0.6 is 0 Å². The van der Waals surface area contributed by atoms with E-state index in [0.717, 1.165) is 0 Å². The smallest absolute Gasteiger partial charge is 0.326 e. The maximum atomic E-state index is 12.8. The summed E-state index contributed by atoms with van der Waals surface area (Å²) in [5.41, 5.74) is 21.0.